The van der Waals surface area contributed by atoms with Gasteiger partial charge in [-0.2, -0.15) is 10.2 Å². The summed E-state index contributed by atoms with van der Waals surface area (Å²) in [6, 6.07) is 0. The summed E-state index contributed by atoms with van der Waals surface area (Å²) in [5, 5.41) is 15.1. The Hall–Kier alpha value is -1.03. The summed E-state index contributed by atoms with van der Waals surface area (Å²) in [5.74, 6) is 0. The number of quaternary nitrogens is 1. The zero-order valence-corrected chi connectivity index (χ0v) is 16.3. The molecule has 0 rings (SSSR count). The summed E-state index contributed by atoms with van der Waals surface area (Å²) < 4.78 is 0.876. The number of hydrogen-bond acceptors (Lipinski definition) is 4. The number of thiocarbonyl (C=S) groups is 2. The lowest BCUT2D eigenvalue weighted by atomic mass is 10.3. The third-order valence-electron chi connectivity index (χ3n) is 2.47. The first-order valence-electron chi connectivity index (χ1n) is 6.56. The Morgan fingerprint density at radius 1 is 0.955 bits per heavy atom. The van der Waals surface area contributed by atoms with Crippen LogP contribution >= 0.6 is 24.4 Å². The first-order chi connectivity index (χ1) is 9.65. The minimum absolute atomic E-state index is 0. The molecule has 0 heterocycles. The second-order valence-electron chi connectivity index (χ2n) is 5.47. The molecule has 0 aromatic carbocycles. The maximum atomic E-state index is 5.15. The minimum atomic E-state index is 0. The molecule has 0 amide bonds. The first-order valence-corrected chi connectivity index (χ1v) is 7.38. The molecule has 10 heteroatoms. The van der Waals surface area contributed by atoms with Gasteiger partial charge in [-0.15, -0.1) is 0 Å². The Balaban J connectivity index is 0. The van der Waals surface area contributed by atoms with Crippen molar-refractivity contribution in [3.05, 3.63) is 0 Å². The lowest BCUT2D eigenvalue weighted by Crippen LogP contribution is -3.00. The Morgan fingerprint density at radius 2 is 1.41 bits per heavy atom. The lowest BCUT2D eigenvalue weighted by Gasteiger charge is -2.24. The molecule has 0 saturated carbocycles. The summed E-state index contributed by atoms with van der Waals surface area (Å²) in [7, 11) is 8.11. The molecule has 4 N–H and O–H groups in total. The molecule has 0 atom stereocenters. The molecule has 0 saturated heterocycles. The second-order valence-corrected chi connectivity index (χ2v) is 6.28. The van der Waals surface area contributed by atoms with Gasteiger partial charge in [0.05, 0.1) is 45.7 Å². The Labute approximate surface area is 150 Å². The van der Waals surface area contributed by atoms with Crippen LogP contribution in [0.5, 0.6) is 0 Å². The molecule has 0 aliphatic rings. The highest BCUT2D eigenvalue weighted by Crippen LogP contribution is 1.87. The normalized spacial score (nSPS) is 12.1. The first kappa shape index (κ1) is 23.2. The lowest BCUT2D eigenvalue weighted by molar-refractivity contribution is -0.869. The Morgan fingerprint density at radius 3 is 1.82 bits per heavy atom. The largest absolute Gasteiger partial charge is 1.00 e. The Kier molecular flexibility index (Phi) is 12.2. The molecule has 128 valence electrons. The monoisotopic (exact) mass is 367 g/mol. The van der Waals surface area contributed by atoms with Crippen molar-refractivity contribution < 1.29 is 16.9 Å². The van der Waals surface area contributed by atoms with E-state index >= 15 is 0 Å². The van der Waals surface area contributed by atoms with Gasteiger partial charge in [-0.3, -0.25) is 10.9 Å². The van der Waals surface area contributed by atoms with Crippen LogP contribution in [0.2, 0.25) is 0 Å². The van der Waals surface area contributed by atoms with Crippen LogP contribution in [0.1, 0.15) is 13.8 Å². The maximum Gasteiger partial charge on any atom is 0.187 e. The number of hydrazone groups is 2. The van der Waals surface area contributed by atoms with Crippen LogP contribution in [0, 0.1) is 0 Å². The van der Waals surface area contributed by atoms with Gasteiger partial charge in [-0.1, -0.05) is 0 Å². The van der Waals surface area contributed by atoms with E-state index in [0.29, 0.717) is 15.9 Å². The summed E-state index contributed by atoms with van der Waals surface area (Å²) in [6.45, 7) is 5.43. The molecule has 0 unspecified atom stereocenters. The van der Waals surface area contributed by atoms with Gasteiger partial charge in [0.2, 0.25) is 0 Å². The number of likely N-dealkylation sites (N-methyl/N-ethyl adjacent to an activating group) is 1. The van der Waals surface area contributed by atoms with Crippen molar-refractivity contribution in [2.75, 3.05) is 41.3 Å². The third-order valence-corrected chi connectivity index (χ3v) is 3.00. The van der Waals surface area contributed by atoms with Gasteiger partial charge in [0.15, 0.2) is 10.2 Å². The van der Waals surface area contributed by atoms with E-state index in [1.807, 2.05) is 13.8 Å². The van der Waals surface area contributed by atoms with Crippen LogP contribution in [-0.4, -0.2) is 67.4 Å². The van der Waals surface area contributed by atoms with Crippen molar-refractivity contribution >= 4 is 46.1 Å². The molecular weight excluding hydrogens is 342 g/mol. The highest BCUT2D eigenvalue weighted by Gasteiger charge is 2.06. The fraction of sp³-hybridized carbons (Fsp3) is 0.667. The van der Waals surface area contributed by atoms with Crippen molar-refractivity contribution in [1.29, 1.82) is 0 Å². The van der Waals surface area contributed by atoms with E-state index < -0.39 is 0 Å². The molecule has 0 aromatic heterocycles. The van der Waals surface area contributed by atoms with E-state index in [1.54, 1.807) is 7.05 Å². The van der Waals surface area contributed by atoms with Crippen molar-refractivity contribution in [3.8, 4) is 0 Å². The van der Waals surface area contributed by atoms with E-state index in [0.717, 1.165) is 23.3 Å². The van der Waals surface area contributed by atoms with E-state index in [-0.39, 0.29) is 12.4 Å². The second kappa shape index (κ2) is 11.5. The van der Waals surface area contributed by atoms with Crippen molar-refractivity contribution in [3.63, 3.8) is 0 Å². The fourth-order valence-corrected chi connectivity index (χ4v) is 1.22. The van der Waals surface area contributed by atoms with Crippen molar-refractivity contribution in [2.45, 2.75) is 13.8 Å². The number of hydrogen-bond donors (Lipinski definition) is 4. The molecule has 22 heavy (non-hydrogen) atoms. The van der Waals surface area contributed by atoms with Crippen LogP contribution in [-0.2, 0) is 0 Å². The number of nitrogens with one attached hydrogen (secondary N) is 4. The molecule has 0 spiro atoms. The summed E-state index contributed by atoms with van der Waals surface area (Å²) >= 11 is 10.1. The van der Waals surface area contributed by atoms with Gasteiger partial charge < -0.3 is 27.5 Å². The third kappa shape index (κ3) is 12.7. The van der Waals surface area contributed by atoms with Crippen LogP contribution in [0.4, 0.5) is 0 Å². The highest BCUT2D eigenvalue weighted by atomic mass is 35.5. The Bertz CT molecular complexity index is 430. The summed E-state index contributed by atoms with van der Waals surface area (Å²) in [5.41, 5.74) is 6.93. The maximum absolute atomic E-state index is 5.15. The quantitative estimate of drug-likeness (QED) is 0.174. The average Bonchev–Trinajstić information content (AvgIpc) is 2.40. The van der Waals surface area contributed by atoms with Gasteiger partial charge in [0, 0.05) is 7.05 Å². The van der Waals surface area contributed by atoms with Crippen LogP contribution in [0.3, 0.4) is 0 Å². The molecule has 0 aromatic rings. The standard InChI is InChI=1S/C12H25N7S2.ClH/c1-9(15-17-11(20)13-3)10(2)16-18-12(21)14-7-8-19(4,5)6;/h7-8H2,1-6H3,(H3-,13,14,15,16,17,18,20,21);1H. The van der Waals surface area contributed by atoms with Crippen LogP contribution in [0.25, 0.3) is 0 Å². The predicted molar refractivity (Wildman–Crippen MR) is 97.6 cm³/mol. The SMILES string of the molecule is CNC(=S)N/N=C(C)/C(C)=N/NC(=S)NCC[N+](C)(C)C.[Cl-]. The van der Waals surface area contributed by atoms with Crippen molar-refractivity contribution in [1.82, 2.24) is 21.5 Å². The number of rotatable bonds is 6. The van der Waals surface area contributed by atoms with E-state index in [2.05, 4.69) is 52.8 Å². The summed E-state index contributed by atoms with van der Waals surface area (Å²) in [4.78, 5) is 0. The van der Waals surface area contributed by atoms with E-state index in [4.69, 9.17) is 24.4 Å². The number of nitrogens with zero attached hydrogens (tertiary/aromatic N) is 3. The predicted octanol–water partition coefficient (Wildman–Crippen LogP) is -2.99. The van der Waals surface area contributed by atoms with Gasteiger partial charge in [-0.05, 0) is 38.3 Å². The average molecular weight is 368 g/mol. The van der Waals surface area contributed by atoms with Gasteiger partial charge in [-0.25, -0.2) is 0 Å². The fourth-order valence-electron chi connectivity index (χ4n) is 1.03. The molecule has 0 aliphatic heterocycles. The van der Waals surface area contributed by atoms with Gasteiger partial charge in [0.1, 0.15) is 0 Å². The molecule has 0 aliphatic carbocycles. The van der Waals surface area contributed by atoms with Crippen LogP contribution < -0.4 is 33.9 Å². The minimum Gasteiger partial charge on any atom is -1.00 e. The zero-order valence-electron chi connectivity index (χ0n) is 14.0. The van der Waals surface area contributed by atoms with Gasteiger partial charge >= 0.3 is 0 Å². The number of halogens is 1. The van der Waals surface area contributed by atoms with E-state index in [1.165, 1.54) is 0 Å². The zero-order chi connectivity index (χ0) is 16.5. The topological polar surface area (TPSA) is 72.8 Å². The van der Waals surface area contributed by atoms with E-state index in [9.17, 15) is 0 Å². The van der Waals surface area contributed by atoms with Crippen LogP contribution in [0.15, 0.2) is 10.2 Å². The summed E-state index contributed by atoms with van der Waals surface area (Å²) in [6.07, 6.45) is 0. The molecular formula is C12H26ClN7S2. The molecule has 7 nitrogen and oxygen atoms in total. The molecule has 0 radical (unpaired) electrons. The van der Waals surface area contributed by atoms with Gasteiger partial charge in [0.25, 0.3) is 0 Å². The smallest absolute Gasteiger partial charge is 0.187 e. The van der Waals surface area contributed by atoms with Crippen molar-refractivity contribution in [2.24, 2.45) is 10.2 Å². The molecule has 0 fully saturated rings. The highest BCUT2D eigenvalue weighted by molar-refractivity contribution is 7.80. The molecule has 0 bridgehead atoms.